The number of hydrogen-bond donors (Lipinski definition) is 0. The fraction of sp³-hybridized carbons (Fsp3) is 0.609. The van der Waals surface area contributed by atoms with Crippen molar-refractivity contribution in [3.8, 4) is 0 Å². The van der Waals surface area contributed by atoms with Crippen LogP contribution in [0, 0.1) is 5.92 Å². The van der Waals surface area contributed by atoms with Gasteiger partial charge in [-0.2, -0.15) is 0 Å². The van der Waals surface area contributed by atoms with Gasteiger partial charge in [0.2, 0.25) is 0 Å². The first kappa shape index (κ1) is 25.1. The molecule has 0 N–H and O–H groups in total. The molecule has 0 aliphatic rings. The predicted molar refractivity (Wildman–Crippen MR) is 118 cm³/mol. The summed E-state index contributed by atoms with van der Waals surface area (Å²) >= 11 is 0. The second-order valence-electron chi connectivity index (χ2n) is 7.88. The maximum atomic E-state index is 12.8. The van der Waals surface area contributed by atoms with Crippen LogP contribution in [0.4, 0.5) is 0 Å². The molecular weight excluding hydrogens is 384 g/mol. The molecule has 0 aromatic heterocycles. The molecule has 0 spiro atoms. The highest BCUT2D eigenvalue weighted by atomic mass is 28.3. The number of unbranched alkanes of at least 4 members (excludes halogenated alkanes) is 2. The molecule has 1 aromatic rings. The van der Waals surface area contributed by atoms with E-state index < -0.39 is 31.5 Å². The Morgan fingerprint density at radius 3 is 1.93 bits per heavy atom. The number of hydrogen-bond acceptors (Lipinski definition) is 5. The fourth-order valence-electron chi connectivity index (χ4n) is 3.68. The molecule has 0 aliphatic carbocycles. The van der Waals surface area contributed by atoms with Crippen molar-refractivity contribution in [1.82, 2.24) is 0 Å². The highest BCUT2D eigenvalue weighted by Crippen LogP contribution is 2.36. The number of ketones is 1. The van der Waals surface area contributed by atoms with Gasteiger partial charge in [0.1, 0.15) is 5.78 Å². The molecule has 0 radical (unpaired) electrons. The SMILES string of the molecule is CCCCCC(=O)C[C@@H](C(C(=O)OCC)C(=O)OCC)[Si](C)(C)c1ccccc1. The molecule has 0 aliphatic heterocycles. The maximum Gasteiger partial charge on any atom is 0.320 e. The van der Waals surface area contributed by atoms with Crippen molar-refractivity contribution in [3.63, 3.8) is 0 Å². The van der Waals surface area contributed by atoms with Gasteiger partial charge in [0.25, 0.3) is 0 Å². The zero-order chi connectivity index (χ0) is 21.9. The molecular formula is C23H36O5Si. The Labute approximate surface area is 176 Å². The summed E-state index contributed by atoms with van der Waals surface area (Å²) in [6.07, 6.45) is 3.53. The lowest BCUT2D eigenvalue weighted by Crippen LogP contribution is -2.52. The van der Waals surface area contributed by atoms with Gasteiger partial charge in [-0.15, -0.1) is 0 Å². The lowest BCUT2D eigenvalue weighted by Gasteiger charge is -2.36. The van der Waals surface area contributed by atoms with Gasteiger partial charge in [0.15, 0.2) is 5.92 Å². The second kappa shape index (κ2) is 12.6. The van der Waals surface area contributed by atoms with Gasteiger partial charge >= 0.3 is 11.9 Å². The van der Waals surface area contributed by atoms with E-state index >= 15 is 0 Å². The van der Waals surface area contributed by atoms with Crippen LogP contribution in [0.2, 0.25) is 18.6 Å². The van der Waals surface area contributed by atoms with Crippen LogP contribution >= 0.6 is 0 Å². The minimum absolute atomic E-state index is 0.0959. The van der Waals surface area contributed by atoms with E-state index in [1.165, 1.54) is 0 Å². The van der Waals surface area contributed by atoms with E-state index in [4.69, 9.17) is 9.47 Å². The first-order valence-electron chi connectivity index (χ1n) is 10.7. The Morgan fingerprint density at radius 2 is 1.45 bits per heavy atom. The molecule has 5 nitrogen and oxygen atoms in total. The van der Waals surface area contributed by atoms with Crippen LogP contribution in [0.25, 0.3) is 0 Å². The monoisotopic (exact) mass is 420 g/mol. The van der Waals surface area contributed by atoms with Gasteiger partial charge < -0.3 is 9.47 Å². The molecule has 0 fully saturated rings. The number of carbonyl (C=O) groups is 3. The second-order valence-corrected chi connectivity index (χ2v) is 12.6. The topological polar surface area (TPSA) is 69.7 Å². The van der Waals surface area contributed by atoms with Crippen LogP contribution in [0.1, 0.15) is 52.9 Å². The molecule has 0 unspecified atom stereocenters. The van der Waals surface area contributed by atoms with Gasteiger partial charge in [-0.1, -0.05) is 68.4 Å². The summed E-state index contributed by atoms with van der Waals surface area (Å²) in [6.45, 7) is 10.1. The van der Waals surface area contributed by atoms with Crippen LogP contribution in [0.3, 0.4) is 0 Å². The smallest absolute Gasteiger partial charge is 0.320 e. The minimum Gasteiger partial charge on any atom is -0.465 e. The number of carbonyl (C=O) groups excluding carboxylic acids is 3. The van der Waals surface area contributed by atoms with Crippen molar-refractivity contribution >= 4 is 31.0 Å². The average Bonchev–Trinajstić information content (AvgIpc) is 2.69. The number of benzene rings is 1. The molecule has 29 heavy (non-hydrogen) atoms. The van der Waals surface area contributed by atoms with Crippen molar-refractivity contribution in [2.45, 2.75) is 71.5 Å². The van der Waals surface area contributed by atoms with E-state index in [-0.39, 0.29) is 25.4 Å². The lowest BCUT2D eigenvalue weighted by atomic mass is 9.98. The van der Waals surface area contributed by atoms with Crippen LogP contribution in [-0.4, -0.2) is 39.0 Å². The molecule has 162 valence electrons. The van der Waals surface area contributed by atoms with E-state index in [1.54, 1.807) is 13.8 Å². The molecule has 0 saturated heterocycles. The highest BCUT2D eigenvalue weighted by molar-refractivity contribution is 6.91. The zero-order valence-corrected chi connectivity index (χ0v) is 19.5. The molecule has 0 amide bonds. The number of Topliss-reactive ketones (excluding diaryl/α,β-unsaturated/α-hetero) is 1. The summed E-state index contributed by atoms with van der Waals surface area (Å²) < 4.78 is 10.5. The molecule has 0 saturated carbocycles. The van der Waals surface area contributed by atoms with Crippen LogP contribution in [0.5, 0.6) is 0 Å². The van der Waals surface area contributed by atoms with Crippen molar-refractivity contribution in [2.24, 2.45) is 5.92 Å². The minimum atomic E-state index is -2.39. The number of rotatable bonds is 13. The molecule has 1 rings (SSSR count). The van der Waals surface area contributed by atoms with Crippen molar-refractivity contribution in [3.05, 3.63) is 30.3 Å². The van der Waals surface area contributed by atoms with Gasteiger partial charge in [0.05, 0.1) is 21.3 Å². The largest absolute Gasteiger partial charge is 0.465 e. The van der Waals surface area contributed by atoms with Crippen LogP contribution in [0.15, 0.2) is 30.3 Å². The Kier molecular flexibility index (Phi) is 10.9. The van der Waals surface area contributed by atoms with Gasteiger partial charge in [-0.3, -0.25) is 14.4 Å². The molecule has 0 bridgehead atoms. The number of esters is 2. The predicted octanol–water partition coefficient (Wildman–Crippen LogP) is 4.25. The highest BCUT2D eigenvalue weighted by Gasteiger charge is 2.47. The van der Waals surface area contributed by atoms with Gasteiger partial charge in [0, 0.05) is 12.8 Å². The quantitative estimate of drug-likeness (QED) is 0.206. The molecule has 1 aromatic carbocycles. The first-order chi connectivity index (χ1) is 13.8. The normalized spacial score (nSPS) is 12.5. The van der Waals surface area contributed by atoms with E-state index in [0.717, 1.165) is 24.4 Å². The maximum absolute atomic E-state index is 12.8. The average molecular weight is 421 g/mol. The van der Waals surface area contributed by atoms with Crippen LogP contribution < -0.4 is 5.19 Å². The Hall–Kier alpha value is -1.95. The van der Waals surface area contributed by atoms with E-state index in [2.05, 4.69) is 20.0 Å². The van der Waals surface area contributed by atoms with E-state index in [9.17, 15) is 14.4 Å². The summed E-state index contributed by atoms with van der Waals surface area (Å²) in [5, 5.41) is 1.10. The number of ether oxygens (including phenoxy) is 2. The van der Waals surface area contributed by atoms with Crippen LogP contribution in [-0.2, 0) is 23.9 Å². The summed E-state index contributed by atoms with van der Waals surface area (Å²) in [5.74, 6) is -2.16. The molecule has 0 heterocycles. The summed E-state index contributed by atoms with van der Waals surface area (Å²) in [4.78, 5) is 38.4. The zero-order valence-electron chi connectivity index (χ0n) is 18.5. The van der Waals surface area contributed by atoms with E-state index in [1.807, 2.05) is 30.3 Å². The fourth-order valence-corrected chi connectivity index (χ4v) is 7.00. The Balaban J connectivity index is 3.32. The Morgan fingerprint density at radius 1 is 0.897 bits per heavy atom. The first-order valence-corrected chi connectivity index (χ1v) is 13.8. The van der Waals surface area contributed by atoms with Crippen molar-refractivity contribution in [1.29, 1.82) is 0 Å². The third-order valence-corrected chi connectivity index (χ3v) is 9.65. The van der Waals surface area contributed by atoms with Gasteiger partial charge in [-0.25, -0.2) is 0 Å². The van der Waals surface area contributed by atoms with Crippen molar-refractivity contribution < 1.29 is 23.9 Å². The third kappa shape index (κ3) is 7.42. The summed E-state index contributed by atoms with van der Waals surface area (Å²) in [5.41, 5.74) is -0.419. The summed E-state index contributed by atoms with van der Waals surface area (Å²) in [6, 6.07) is 9.89. The molecule has 6 heteroatoms. The van der Waals surface area contributed by atoms with E-state index in [0.29, 0.717) is 6.42 Å². The molecule has 1 atom stereocenters. The van der Waals surface area contributed by atoms with Crippen molar-refractivity contribution in [2.75, 3.05) is 13.2 Å². The summed E-state index contributed by atoms with van der Waals surface area (Å²) in [7, 11) is -2.39. The standard InChI is InChI=1S/C23H36O5Si/c1-6-9-11-14-18(24)17-20(29(4,5)19-15-12-10-13-16-19)21(22(25)27-7-2)23(26)28-8-3/h10,12-13,15-16,20-21H,6-9,11,14,17H2,1-5H3/t20-/m0/s1. The Bertz CT molecular complexity index is 638. The van der Waals surface area contributed by atoms with Gasteiger partial charge in [-0.05, 0) is 25.8 Å². The third-order valence-electron chi connectivity index (χ3n) is 5.43. The lowest BCUT2D eigenvalue weighted by molar-refractivity contribution is -0.161.